The highest BCUT2D eigenvalue weighted by Gasteiger charge is 2.08. The number of rotatable bonds is 4. The molecule has 0 saturated carbocycles. The monoisotopic (exact) mass is 404 g/mol. The number of carbonyl (C=O) groups excluding carboxylic acids is 1. The van der Waals surface area contributed by atoms with Crippen molar-refractivity contribution in [3.05, 3.63) is 50.9 Å². The predicted molar refractivity (Wildman–Crippen MR) is 94.4 cm³/mol. The van der Waals surface area contributed by atoms with Crippen molar-refractivity contribution in [1.29, 1.82) is 0 Å². The lowest BCUT2D eigenvalue weighted by Gasteiger charge is -2.08. The molecule has 0 heterocycles. The summed E-state index contributed by atoms with van der Waals surface area (Å²) < 4.78 is 0.858. The van der Waals surface area contributed by atoms with Crippen LogP contribution in [0, 0.1) is 0 Å². The fraction of sp³-hybridized carbons (Fsp3) is 0.0714. The highest BCUT2D eigenvalue weighted by Crippen LogP contribution is 2.28. The highest BCUT2D eigenvalue weighted by atomic mass is 79.9. The van der Waals surface area contributed by atoms with Crippen molar-refractivity contribution in [2.45, 2.75) is 4.90 Å². The van der Waals surface area contributed by atoms with Gasteiger partial charge < -0.3 is 11.1 Å². The van der Waals surface area contributed by atoms with Gasteiger partial charge in [-0.3, -0.25) is 4.79 Å². The lowest BCUT2D eigenvalue weighted by Crippen LogP contribution is -2.14. The molecule has 0 aliphatic heterocycles. The first-order valence-electron chi connectivity index (χ1n) is 5.88. The Labute approximate surface area is 145 Å². The van der Waals surface area contributed by atoms with Gasteiger partial charge in [0.15, 0.2) is 0 Å². The summed E-state index contributed by atoms with van der Waals surface area (Å²) in [6.45, 7) is 0. The number of benzene rings is 2. The Morgan fingerprint density at radius 1 is 1.19 bits per heavy atom. The summed E-state index contributed by atoms with van der Waals surface area (Å²) >= 11 is 16.7. The van der Waals surface area contributed by atoms with E-state index in [0.29, 0.717) is 21.4 Å². The molecule has 2 rings (SSSR count). The molecular weight excluding hydrogens is 395 g/mol. The van der Waals surface area contributed by atoms with Crippen molar-refractivity contribution in [1.82, 2.24) is 0 Å². The molecule has 0 aliphatic carbocycles. The number of carbonyl (C=O) groups is 1. The lowest BCUT2D eigenvalue weighted by atomic mass is 10.3. The number of hydrogen-bond acceptors (Lipinski definition) is 3. The second-order valence-corrected chi connectivity index (χ2v) is 6.92. The molecule has 0 aliphatic rings. The van der Waals surface area contributed by atoms with E-state index >= 15 is 0 Å². The molecule has 0 bridgehead atoms. The molecule has 3 nitrogen and oxygen atoms in total. The molecule has 1 amide bonds. The first kappa shape index (κ1) is 16.5. The largest absolute Gasteiger partial charge is 0.398 e. The molecule has 2 aromatic rings. The van der Waals surface area contributed by atoms with Crippen LogP contribution in [0.1, 0.15) is 0 Å². The molecule has 0 radical (unpaired) electrons. The third-order valence-corrected chi connectivity index (χ3v) is 4.67. The fourth-order valence-corrected chi connectivity index (χ4v) is 3.22. The third kappa shape index (κ3) is 4.81. The van der Waals surface area contributed by atoms with Crippen molar-refractivity contribution in [2.24, 2.45) is 0 Å². The van der Waals surface area contributed by atoms with Crippen LogP contribution in [0.15, 0.2) is 45.8 Å². The van der Waals surface area contributed by atoms with Gasteiger partial charge in [-0.25, -0.2) is 0 Å². The Morgan fingerprint density at radius 2 is 1.95 bits per heavy atom. The molecule has 0 atom stereocenters. The number of amides is 1. The predicted octanol–water partition coefficient (Wildman–Crippen LogP) is 5.07. The van der Waals surface area contributed by atoms with Gasteiger partial charge in [0.05, 0.1) is 27.2 Å². The number of nitrogen functional groups attached to an aromatic ring is 1. The molecule has 7 heteroatoms. The number of hydrogen-bond donors (Lipinski definition) is 2. The van der Waals surface area contributed by atoms with E-state index in [4.69, 9.17) is 28.9 Å². The maximum atomic E-state index is 11.9. The topological polar surface area (TPSA) is 55.1 Å². The van der Waals surface area contributed by atoms with Crippen molar-refractivity contribution < 1.29 is 4.79 Å². The first-order chi connectivity index (χ1) is 9.95. The quantitative estimate of drug-likeness (QED) is 0.551. The summed E-state index contributed by atoms with van der Waals surface area (Å²) in [5, 5.41) is 3.73. The minimum absolute atomic E-state index is 0.142. The molecule has 3 N–H and O–H groups in total. The van der Waals surface area contributed by atoms with Crippen LogP contribution in [-0.2, 0) is 4.79 Å². The Morgan fingerprint density at radius 3 is 2.62 bits per heavy atom. The number of nitrogens with one attached hydrogen (secondary N) is 1. The Balaban J connectivity index is 1.94. The number of thioether (sulfide) groups is 1. The van der Waals surface area contributed by atoms with Gasteiger partial charge in [-0.2, -0.15) is 0 Å². The average Bonchev–Trinajstić information content (AvgIpc) is 2.43. The van der Waals surface area contributed by atoms with E-state index < -0.39 is 0 Å². The number of nitrogens with two attached hydrogens (primary N) is 1. The van der Waals surface area contributed by atoms with Gasteiger partial charge in [-0.15, -0.1) is 11.8 Å². The molecule has 0 spiro atoms. The normalized spacial score (nSPS) is 10.4. The minimum Gasteiger partial charge on any atom is -0.398 e. The van der Waals surface area contributed by atoms with Crippen LogP contribution in [-0.4, -0.2) is 11.7 Å². The Bertz CT molecular complexity index is 682. The van der Waals surface area contributed by atoms with Gasteiger partial charge >= 0.3 is 0 Å². The average molecular weight is 406 g/mol. The zero-order valence-corrected chi connectivity index (χ0v) is 14.6. The Kier molecular flexibility index (Phi) is 5.81. The molecule has 0 fully saturated rings. The molecule has 0 aromatic heterocycles. The molecule has 2 aromatic carbocycles. The van der Waals surface area contributed by atoms with Crippen LogP contribution in [0.4, 0.5) is 11.4 Å². The van der Waals surface area contributed by atoms with E-state index in [1.54, 1.807) is 24.3 Å². The van der Waals surface area contributed by atoms with E-state index in [-0.39, 0.29) is 11.7 Å². The zero-order chi connectivity index (χ0) is 15.4. The summed E-state index contributed by atoms with van der Waals surface area (Å²) in [5.74, 6) is 0.115. The summed E-state index contributed by atoms with van der Waals surface area (Å²) in [5.41, 5.74) is 6.74. The third-order valence-electron chi connectivity index (χ3n) is 2.55. The van der Waals surface area contributed by atoms with E-state index in [9.17, 15) is 4.79 Å². The van der Waals surface area contributed by atoms with Crippen LogP contribution in [0.5, 0.6) is 0 Å². The fourth-order valence-electron chi connectivity index (χ4n) is 1.52. The molecule has 110 valence electrons. The van der Waals surface area contributed by atoms with Crippen molar-refractivity contribution in [3.8, 4) is 0 Å². The maximum Gasteiger partial charge on any atom is 0.234 e. The van der Waals surface area contributed by atoms with Crippen molar-refractivity contribution in [3.63, 3.8) is 0 Å². The van der Waals surface area contributed by atoms with Gasteiger partial charge in [0.2, 0.25) is 5.91 Å². The highest BCUT2D eigenvalue weighted by molar-refractivity contribution is 9.10. The number of halogens is 3. The summed E-state index contributed by atoms with van der Waals surface area (Å²) in [4.78, 5) is 12.8. The zero-order valence-electron chi connectivity index (χ0n) is 10.7. The van der Waals surface area contributed by atoms with Crippen molar-refractivity contribution in [2.75, 3.05) is 16.8 Å². The van der Waals surface area contributed by atoms with Gasteiger partial charge in [-0.05, 0) is 36.4 Å². The summed E-state index contributed by atoms with van der Waals surface area (Å²) in [6.07, 6.45) is 0. The Hall–Kier alpha value is -0.880. The van der Waals surface area contributed by atoms with E-state index in [1.807, 2.05) is 12.1 Å². The van der Waals surface area contributed by atoms with E-state index in [0.717, 1.165) is 9.37 Å². The SMILES string of the molecule is Nc1ccc(SCC(=O)Nc2ccc(Br)cc2Cl)cc1Cl. The molecule has 21 heavy (non-hydrogen) atoms. The van der Waals surface area contributed by atoms with Crippen LogP contribution >= 0.6 is 50.9 Å². The van der Waals surface area contributed by atoms with Crippen LogP contribution in [0.3, 0.4) is 0 Å². The van der Waals surface area contributed by atoms with Crippen molar-refractivity contribution >= 4 is 68.2 Å². The van der Waals surface area contributed by atoms with Crippen LogP contribution < -0.4 is 11.1 Å². The number of anilines is 2. The molecular formula is C14H11BrCl2N2OS. The van der Waals surface area contributed by atoms with E-state index in [1.165, 1.54) is 11.8 Å². The second-order valence-electron chi connectivity index (χ2n) is 4.14. The van der Waals surface area contributed by atoms with Gasteiger partial charge in [-0.1, -0.05) is 39.1 Å². The standard InChI is InChI=1S/C14H11BrCl2N2OS/c15-8-1-4-13(11(17)5-8)19-14(20)7-21-9-2-3-12(18)10(16)6-9/h1-6H,7,18H2,(H,19,20). The van der Waals surface area contributed by atoms with E-state index in [2.05, 4.69) is 21.2 Å². The van der Waals surface area contributed by atoms with Crippen LogP contribution in [0.2, 0.25) is 10.0 Å². The lowest BCUT2D eigenvalue weighted by molar-refractivity contribution is -0.113. The molecule has 0 saturated heterocycles. The minimum atomic E-state index is -0.142. The van der Waals surface area contributed by atoms with Crippen LogP contribution in [0.25, 0.3) is 0 Å². The maximum absolute atomic E-state index is 11.9. The smallest absolute Gasteiger partial charge is 0.234 e. The second kappa shape index (κ2) is 7.40. The molecule has 0 unspecified atom stereocenters. The van der Waals surface area contributed by atoms with Gasteiger partial charge in [0.1, 0.15) is 0 Å². The first-order valence-corrected chi connectivity index (χ1v) is 8.42. The van der Waals surface area contributed by atoms with Gasteiger partial charge in [0, 0.05) is 9.37 Å². The summed E-state index contributed by atoms with van der Waals surface area (Å²) in [6, 6.07) is 10.6. The van der Waals surface area contributed by atoms with Gasteiger partial charge in [0.25, 0.3) is 0 Å². The summed E-state index contributed by atoms with van der Waals surface area (Å²) in [7, 11) is 0.